The molecule has 0 saturated heterocycles. The van der Waals surface area contributed by atoms with Crippen LogP contribution in [0, 0.1) is 6.92 Å². The van der Waals surface area contributed by atoms with Gasteiger partial charge < -0.3 is 14.6 Å². The van der Waals surface area contributed by atoms with E-state index in [1.807, 2.05) is 0 Å². The molecule has 0 aliphatic rings. The Morgan fingerprint density at radius 2 is 2.16 bits per heavy atom. The standard InChI is InChI=1S/C12H13ClN2O4/c1-7-10(15-19-14-7)6-18-12-8(5-16)3-9(13)4-11(12)17-2/h3-4,16H,5-6H2,1-2H3. The summed E-state index contributed by atoms with van der Waals surface area (Å²) in [5, 5.41) is 17.2. The van der Waals surface area contributed by atoms with Crippen LogP contribution in [0.1, 0.15) is 17.0 Å². The van der Waals surface area contributed by atoms with E-state index in [9.17, 15) is 5.11 Å². The molecule has 0 amide bonds. The van der Waals surface area contributed by atoms with E-state index in [0.717, 1.165) is 0 Å². The fourth-order valence-corrected chi connectivity index (χ4v) is 1.81. The molecule has 1 heterocycles. The Kier molecular flexibility index (Phi) is 4.24. The first-order valence-electron chi connectivity index (χ1n) is 5.53. The minimum atomic E-state index is -0.206. The summed E-state index contributed by atoms with van der Waals surface area (Å²) >= 11 is 5.92. The number of halogens is 1. The van der Waals surface area contributed by atoms with Gasteiger partial charge in [-0.1, -0.05) is 21.9 Å². The summed E-state index contributed by atoms with van der Waals surface area (Å²) in [7, 11) is 1.50. The molecule has 0 aliphatic carbocycles. The molecule has 0 saturated carbocycles. The van der Waals surface area contributed by atoms with Crippen molar-refractivity contribution in [2.45, 2.75) is 20.1 Å². The summed E-state index contributed by atoms with van der Waals surface area (Å²) in [6.45, 7) is 1.73. The Morgan fingerprint density at radius 1 is 1.37 bits per heavy atom. The summed E-state index contributed by atoms with van der Waals surface area (Å²) in [5.41, 5.74) is 1.78. The van der Waals surface area contributed by atoms with Crippen LogP contribution in [0.15, 0.2) is 16.8 Å². The van der Waals surface area contributed by atoms with Gasteiger partial charge in [0.25, 0.3) is 0 Å². The summed E-state index contributed by atoms with van der Waals surface area (Å²) in [6.07, 6.45) is 0. The summed E-state index contributed by atoms with van der Waals surface area (Å²) in [4.78, 5) is 0. The maximum absolute atomic E-state index is 9.33. The minimum Gasteiger partial charge on any atom is -0.493 e. The number of nitrogens with zero attached hydrogens (tertiary/aromatic N) is 2. The minimum absolute atomic E-state index is 0.167. The zero-order chi connectivity index (χ0) is 13.8. The van der Waals surface area contributed by atoms with E-state index in [1.54, 1.807) is 19.1 Å². The van der Waals surface area contributed by atoms with Gasteiger partial charge in [-0.25, -0.2) is 4.63 Å². The van der Waals surface area contributed by atoms with Crippen LogP contribution in [-0.4, -0.2) is 22.5 Å². The van der Waals surface area contributed by atoms with Gasteiger partial charge in [-0.3, -0.25) is 0 Å². The molecule has 1 aromatic heterocycles. The van der Waals surface area contributed by atoms with Gasteiger partial charge >= 0.3 is 0 Å². The summed E-state index contributed by atoms with van der Waals surface area (Å²) < 4.78 is 15.4. The second-order valence-electron chi connectivity index (χ2n) is 3.84. The van der Waals surface area contributed by atoms with E-state index in [4.69, 9.17) is 21.1 Å². The van der Waals surface area contributed by atoms with Crippen LogP contribution in [0.5, 0.6) is 11.5 Å². The monoisotopic (exact) mass is 284 g/mol. The molecule has 0 fully saturated rings. The molecule has 0 radical (unpaired) electrons. The molecular formula is C12H13ClN2O4. The molecule has 1 aromatic carbocycles. The van der Waals surface area contributed by atoms with Crippen molar-refractivity contribution in [1.82, 2.24) is 10.3 Å². The third-order valence-corrected chi connectivity index (χ3v) is 2.80. The highest BCUT2D eigenvalue weighted by Gasteiger charge is 2.14. The number of hydrogen-bond donors (Lipinski definition) is 1. The van der Waals surface area contributed by atoms with Crippen LogP contribution in [0.3, 0.4) is 0 Å². The molecule has 0 aliphatic heterocycles. The van der Waals surface area contributed by atoms with Gasteiger partial charge in [0.05, 0.1) is 13.7 Å². The van der Waals surface area contributed by atoms with E-state index in [0.29, 0.717) is 33.5 Å². The highest BCUT2D eigenvalue weighted by Crippen LogP contribution is 2.35. The second-order valence-corrected chi connectivity index (χ2v) is 4.28. The fourth-order valence-electron chi connectivity index (χ4n) is 1.58. The van der Waals surface area contributed by atoms with Crippen LogP contribution >= 0.6 is 11.6 Å². The molecule has 0 spiro atoms. The van der Waals surface area contributed by atoms with Gasteiger partial charge in [-0.15, -0.1) is 0 Å². The SMILES string of the molecule is COc1cc(Cl)cc(CO)c1OCc1nonc1C. The Balaban J connectivity index is 2.26. The first-order valence-corrected chi connectivity index (χ1v) is 5.91. The van der Waals surface area contributed by atoms with E-state index < -0.39 is 0 Å². The number of benzene rings is 1. The van der Waals surface area contributed by atoms with E-state index >= 15 is 0 Å². The normalized spacial score (nSPS) is 10.5. The first-order chi connectivity index (χ1) is 9.15. The van der Waals surface area contributed by atoms with Gasteiger partial charge in [0.15, 0.2) is 11.5 Å². The summed E-state index contributed by atoms with van der Waals surface area (Å²) in [6, 6.07) is 3.23. The maximum atomic E-state index is 9.33. The number of rotatable bonds is 5. The first kappa shape index (κ1) is 13.6. The van der Waals surface area contributed by atoms with Gasteiger partial charge in [-0.2, -0.15) is 0 Å². The van der Waals surface area contributed by atoms with E-state index in [1.165, 1.54) is 7.11 Å². The van der Waals surface area contributed by atoms with Crippen LogP contribution in [0.25, 0.3) is 0 Å². The Hall–Kier alpha value is -1.79. The molecule has 19 heavy (non-hydrogen) atoms. The molecular weight excluding hydrogens is 272 g/mol. The third kappa shape index (κ3) is 2.97. The number of ether oxygens (including phenoxy) is 2. The number of hydrogen-bond acceptors (Lipinski definition) is 6. The predicted octanol–water partition coefficient (Wildman–Crippen LogP) is 2.11. The Labute approximate surface area is 114 Å². The molecule has 102 valence electrons. The zero-order valence-corrected chi connectivity index (χ0v) is 11.3. The van der Waals surface area contributed by atoms with Gasteiger partial charge in [-0.05, 0) is 13.0 Å². The second kappa shape index (κ2) is 5.90. The van der Waals surface area contributed by atoms with E-state index in [2.05, 4.69) is 14.9 Å². The highest BCUT2D eigenvalue weighted by atomic mass is 35.5. The molecule has 2 aromatic rings. The average molecular weight is 285 g/mol. The number of aromatic nitrogens is 2. The molecule has 1 N–H and O–H groups in total. The average Bonchev–Trinajstić information content (AvgIpc) is 2.81. The van der Waals surface area contributed by atoms with Gasteiger partial charge in [0, 0.05) is 16.7 Å². The van der Waals surface area contributed by atoms with Crippen LogP contribution in [-0.2, 0) is 13.2 Å². The molecule has 0 atom stereocenters. The smallest absolute Gasteiger partial charge is 0.167 e. The van der Waals surface area contributed by atoms with Crippen molar-refractivity contribution >= 4 is 11.6 Å². The number of methoxy groups -OCH3 is 1. The predicted molar refractivity (Wildman–Crippen MR) is 67.3 cm³/mol. The van der Waals surface area contributed by atoms with Crippen molar-refractivity contribution in [3.63, 3.8) is 0 Å². The number of aryl methyl sites for hydroxylation is 1. The molecule has 2 rings (SSSR count). The van der Waals surface area contributed by atoms with Crippen molar-refractivity contribution < 1.29 is 19.2 Å². The summed E-state index contributed by atoms with van der Waals surface area (Å²) in [5.74, 6) is 0.877. The fraction of sp³-hybridized carbons (Fsp3) is 0.333. The Morgan fingerprint density at radius 3 is 2.74 bits per heavy atom. The Bertz CT molecular complexity index is 546. The molecule has 6 nitrogen and oxygen atoms in total. The highest BCUT2D eigenvalue weighted by molar-refractivity contribution is 6.30. The number of aliphatic hydroxyl groups is 1. The number of aliphatic hydroxyl groups excluding tert-OH is 1. The third-order valence-electron chi connectivity index (χ3n) is 2.59. The van der Waals surface area contributed by atoms with Crippen LogP contribution in [0.4, 0.5) is 0 Å². The quantitative estimate of drug-likeness (QED) is 0.906. The van der Waals surface area contributed by atoms with Crippen molar-refractivity contribution in [1.29, 1.82) is 0 Å². The lowest BCUT2D eigenvalue weighted by Gasteiger charge is -2.13. The van der Waals surface area contributed by atoms with Crippen LogP contribution in [0.2, 0.25) is 5.02 Å². The lowest BCUT2D eigenvalue weighted by molar-refractivity contribution is 0.241. The van der Waals surface area contributed by atoms with Crippen molar-refractivity contribution in [3.8, 4) is 11.5 Å². The van der Waals surface area contributed by atoms with Gasteiger partial charge in [0.1, 0.15) is 18.0 Å². The largest absolute Gasteiger partial charge is 0.493 e. The van der Waals surface area contributed by atoms with Crippen molar-refractivity contribution in [2.75, 3.05) is 7.11 Å². The van der Waals surface area contributed by atoms with Crippen LogP contribution < -0.4 is 9.47 Å². The lowest BCUT2D eigenvalue weighted by atomic mass is 10.2. The van der Waals surface area contributed by atoms with Crippen molar-refractivity contribution in [2.24, 2.45) is 0 Å². The lowest BCUT2D eigenvalue weighted by Crippen LogP contribution is -2.02. The molecule has 0 unspecified atom stereocenters. The van der Waals surface area contributed by atoms with E-state index in [-0.39, 0.29) is 13.2 Å². The van der Waals surface area contributed by atoms with Gasteiger partial charge in [0.2, 0.25) is 0 Å². The topological polar surface area (TPSA) is 77.6 Å². The zero-order valence-electron chi connectivity index (χ0n) is 10.5. The molecule has 7 heteroatoms. The maximum Gasteiger partial charge on any atom is 0.167 e. The van der Waals surface area contributed by atoms with Crippen molar-refractivity contribution in [3.05, 3.63) is 34.1 Å². The molecule has 0 bridgehead atoms.